The van der Waals surface area contributed by atoms with E-state index in [-0.39, 0.29) is 0 Å². The quantitative estimate of drug-likeness (QED) is 0.491. The largest absolute Gasteiger partial charge is 0.462 e. The standard InChI is InChI=1S/C6H10O/c1-3-6(2)4-5-7/h6-7H,3H2,1-2H3/t6-/m0/s1. The van der Waals surface area contributed by atoms with E-state index in [2.05, 4.69) is 5.92 Å². The van der Waals surface area contributed by atoms with Crippen molar-refractivity contribution in [2.24, 2.45) is 5.92 Å². The van der Waals surface area contributed by atoms with Crippen LogP contribution < -0.4 is 0 Å². The molecule has 0 amide bonds. The molecule has 0 aromatic carbocycles. The van der Waals surface area contributed by atoms with Gasteiger partial charge in [-0.25, -0.2) is 0 Å². The number of hydrogen-bond donors (Lipinski definition) is 1. The Labute approximate surface area is 44.4 Å². The maximum atomic E-state index is 8.01. The molecule has 40 valence electrons. The van der Waals surface area contributed by atoms with Crippen LogP contribution in [-0.2, 0) is 0 Å². The SMILES string of the molecule is CC[C@H](C)C#CO. The molecule has 0 fully saturated rings. The topological polar surface area (TPSA) is 20.2 Å². The molecule has 7 heavy (non-hydrogen) atoms. The fourth-order valence-electron chi connectivity index (χ4n) is 0.212. The van der Waals surface area contributed by atoms with Crippen molar-refractivity contribution < 1.29 is 5.11 Å². The predicted molar refractivity (Wildman–Crippen MR) is 29.2 cm³/mol. The lowest BCUT2D eigenvalue weighted by atomic mass is 10.1. The summed E-state index contributed by atoms with van der Waals surface area (Å²) >= 11 is 0. The van der Waals surface area contributed by atoms with E-state index in [0.29, 0.717) is 5.92 Å². The summed E-state index contributed by atoms with van der Waals surface area (Å²) in [6.07, 6.45) is 2.88. The molecule has 0 spiro atoms. The van der Waals surface area contributed by atoms with Gasteiger partial charge in [-0.2, -0.15) is 0 Å². The van der Waals surface area contributed by atoms with Crippen LogP contribution in [0, 0.1) is 17.9 Å². The van der Waals surface area contributed by atoms with E-state index in [4.69, 9.17) is 5.11 Å². The normalized spacial score (nSPS) is 11.7. The van der Waals surface area contributed by atoms with Gasteiger partial charge in [-0.1, -0.05) is 19.8 Å². The molecular formula is C6H10O. The van der Waals surface area contributed by atoms with Crippen molar-refractivity contribution in [3.05, 3.63) is 0 Å². The van der Waals surface area contributed by atoms with Crippen molar-refractivity contribution in [1.29, 1.82) is 0 Å². The molecule has 0 aliphatic rings. The Morgan fingerprint density at radius 3 is 2.43 bits per heavy atom. The third-order valence-corrected chi connectivity index (χ3v) is 0.923. The monoisotopic (exact) mass is 98.1 g/mol. The minimum atomic E-state index is 0.338. The van der Waals surface area contributed by atoms with Crippen LogP contribution in [-0.4, -0.2) is 5.11 Å². The maximum Gasteiger partial charge on any atom is 0.107 e. The van der Waals surface area contributed by atoms with Gasteiger partial charge in [0, 0.05) is 5.92 Å². The Morgan fingerprint density at radius 2 is 2.29 bits per heavy atom. The van der Waals surface area contributed by atoms with Crippen molar-refractivity contribution in [3.8, 4) is 12.0 Å². The molecule has 1 atom stereocenters. The molecule has 0 unspecified atom stereocenters. The van der Waals surface area contributed by atoms with Crippen molar-refractivity contribution in [2.45, 2.75) is 20.3 Å². The molecule has 0 aromatic rings. The van der Waals surface area contributed by atoms with Crippen LogP contribution in [0.15, 0.2) is 0 Å². The van der Waals surface area contributed by atoms with Gasteiger partial charge in [0.1, 0.15) is 6.11 Å². The lowest BCUT2D eigenvalue weighted by Crippen LogP contribution is -1.83. The molecule has 1 N–H and O–H groups in total. The first-order chi connectivity index (χ1) is 3.31. The number of aliphatic hydroxyl groups is 1. The van der Waals surface area contributed by atoms with Crippen LogP contribution in [0.3, 0.4) is 0 Å². The molecule has 0 aliphatic carbocycles. The summed E-state index contributed by atoms with van der Waals surface area (Å²) in [5, 5.41) is 8.01. The number of hydrogen-bond acceptors (Lipinski definition) is 1. The predicted octanol–water partition coefficient (Wildman–Crippen LogP) is 1.37. The van der Waals surface area contributed by atoms with Gasteiger partial charge in [-0.3, -0.25) is 0 Å². The molecular weight excluding hydrogens is 88.1 g/mol. The molecule has 0 aliphatic heterocycles. The first-order valence-electron chi connectivity index (χ1n) is 2.45. The van der Waals surface area contributed by atoms with Gasteiger partial charge in [0.2, 0.25) is 0 Å². The van der Waals surface area contributed by atoms with Gasteiger partial charge in [-0.15, -0.1) is 0 Å². The maximum absolute atomic E-state index is 8.01. The van der Waals surface area contributed by atoms with Crippen LogP contribution in [0.25, 0.3) is 0 Å². The van der Waals surface area contributed by atoms with Gasteiger partial charge in [0.25, 0.3) is 0 Å². The zero-order chi connectivity index (χ0) is 5.70. The van der Waals surface area contributed by atoms with Crippen LogP contribution in [0.2, 0.25) is 0 Å². The number of rotatable bonds is 1. The van der Waals surface area contributed by atoms with Crippen molar-refractivity contribution >= 4 is 0 Å². The van der Waals surface area contributed by atoms with Crippen LogP contribution in [0.5, 0.6) is 0 Å². The Bertz CT molecular complexity index is 86.1. The van der Waals surface area contributed by atoms with E-state index < -0.39 is 0 Å². The van der Waals surface area contributed by atoms with Crippen LogP contribution in [0.4, 0.5) is 0 Å². The van der Waals surface area contributed by atoms with Gasteiger partial charge in [0.05, 0.1) is 0 Å². The summed E-state index contributed by atoms with van der Waals surface area (Å²) in [5.74, 6) is 2.94. The minimum absolute atomic E-state index is 0.338. The molecule has 0 heterocycles. The second-order valence-electron chi connectivity index (χ2n) is 1.57. The molecule has 1 heteroatoms. The summed E-state index contributed by atoms with van der Waals surface area (Å²) in [4.78, 5) is 0. The van der Waals surface area contributed by atoms with Crippen LogP contribution in [0.1, 0.15) is 20.3 Å². The first-order valence-corrected chi connectivity index (χ1v) is 2.45. The smallest absolute Gasteiger partial charge is 0.107 e. The molecule has 0 saturated heterocycles. The molecule has 0 radical (unpaired) electrons. The summed E-state index contributed by atoms with van der Waals surface area (Å²) in [6.45, 7) is 4.01. The summed E-state index contributed by atoms with van der Waals surface area (Å²) in [6, 6.07) is 0. The second-order valence-corrected chi connectivity index (χ2v) is 1.57. The second kappa shape index (κ2) is 3.55. The fraction of sp³-hybridized carbons (Fsp3) is 0.667. The Morgan fingerprint density at radius 1 is 1.71 bits per heavy atom. The minimum Gasteiger partial charge on any atom is -0.462 e. The summed E-state index contributed by atoms with van der Waals surface area (Å²) in [5.41, 5.74) is 0. The highest BCUT2D eigenvalue weighted by Gasteiger charge is 1.87. The zero-order valence-electron chi connectivity index (χ0n) is 4.73. The van der Waals surface area contributed by atoms with E-state index in [1.165, 1.54) is 0 Å². The molecule has 0 bridgehead atoms. The lowest BCUT2D eigenvalue weighted by Gasteiger charge is -1.90. The fourth-order valence-corrected chi connectivity index (χ4v) is 0.212. The van der Waals surface area contributed by atoms with Gasteiger partial charge in [-0.05, 0) is 6.42 Å². The average molecular weight is 98.1 g/mol. The van der Waals surface area contributed by atoms with Gasteiger partial charge in [0.15, 0.2) is 0 Å². The average Bonchev–Trinajstić information content (AvgIpc) is 1.68. The highest BCUT2D eigenvalue weighted by molar-refractivity contribution is 4.93. The Balaban J connectivity index is 3.29. The summed E-state index contributed by atoms with van der Waals surface area (Å²) < 4.78 is 0. The molecule has 0 aromatic heterocycles. The van der Waals surface area contributed by atoms with Crippen molar-refractivity contribution in [2.75, 3.05) is 0 Å². The van der Waals surface area contributed by atoms with Crippen LogP contribution >= 0.6 is 0 Å². The molecule has 0 rings (SSSR count). The van der Waals surface area contributed by atoms with Crippen molar-refractivity contribution in [3.63, 3.8) is 0 Å². The Kier molecular flexibility index (Phi) is 3.22. The van der Waals surface area contributed by atoms with E-state index in [9.17, 15) is 0 Å². The Hall–Kier alpha value is -0.640. The van der Waals surface area contributed by atoms with E-state index >= 15 is 0 Å². The van der Waals surface area contributed by atoms with E-state index in [1.807, 2.05) is 20.0 Å². The van der Waals surface area contributed by atoms with E-state index in [1.54, 1.807) is 0 Å². The lowest BCUT2D eigenvalue weighted by molar-refractivity contribution is 0.513. The first kappa shape index (κ1) is 6.36. The molecule has 0 saturated carbocycles. The zero-order valence-corrected chi connectivity index (χ0v) is 4.73. The third-order valence-electron chi connectivity index (χ3n) is 0.923. The van der Waals surface area contributed by atoms with Crippen molar-refractivity contribution in [1.82, 2.24) is 0 Å². The summed E-state index contributed by atoms with van der Waals surface area (Å²) in [7, 11) is 0. The highest BCUT2D eigenvalue weighted by atomic mass is 16.2. The van der Waals surface area contributed by atoms with E-state index in [0.717, 1.165) is 6.42 Å². The number of aliphatic hydroxyl groups excluding tert-OH is 1. The molecule has 1 nitrogen and oxygen atoms in total. The van der Waals surface area contributed by atoms with Gasteiger partial charge >= 0.3 is 0 Å². The highest BCUT2D eigenvalue weighted by Crippen LogP contribution is 1.95. The third kappa shape index (κ3) is 3.18. The van der Waals surface area contributed by atoms with Gasteiger partial charge < -0.3 is 5.11 Å².